The molecule has 4 nitrogen and oxygen atoms in total. The zero-order chi connectivity index (χ0) is 45.0. The minimum Gasteiger partial charge on any atom is -0.316 e. The Balaban J connectivity index is 1.29. The molecule has 0 atom stereocenters. The van der Waals surface area contributed by atoms with Crippen LogP contribution in [0.2, 0.25) is 0 Å². The fraction of sp³-hybridized carbons (Fsp3) is 0. The third kappa shape index (κ3) is 5.33. The maximum Gasteiger partial charge on any atom is 0.220 e. The Kier molecular flexibility index (Phi) is 8.42. The molecule has 0 spiro atoms. The lowest BCUT2D eigenvalue weighted by molar-refractivity contribution is 1.19. The van der Waals surface area contributed by atoms with Crippen molar-refractivity contribution < 1.29 is 0 Å². The lowest BCUT2D eigenvalue weighted by Gasteiger charge is -2.33. The molecule has 6 heteroatoms. The van der Waals surface area contributed by atoms with Crippen LogP contribution in [0.15, 0.2) is 206 Å². The van der Waals surface area contributed by atoms with Crippen molar-refractivity contribution in [2.75, 3.05) is 4.90 Å². The number of anilines is 3. The van der Waals surface area contributed by atoms with E-state index in [1.54, 1.807) is 22.7 Å². The number of para-hydroxylation sites is 2. The monoisotopic (exact) mass is 898 g/mol. The molecule has 3 aromatic heterocycles. The van der Waals surface area contributed by atoms with Crippen molar-refractivity contribution in [1.82, 2.24) is 4.57 Å². The van der Waals surface area contributed by atoms with Gasteiger partial charge in [-0.3, -0.25) is 0 Å². The molecule has 1 aliphatic heterocycles. The van der Waals surface area contributed by atoms with E-state index in [4.69, 9.17) is 0 Å². The first-order chi connectivity index (χ1) is 33.7. The number of hydrogen-bond donors (Lipinski definition) is 0. The van der Waals surface area contributed by atoms with E-state index in [0.717, 1.165) is 92.9 Å². The highest BCUT2D eigenvalue weighted by molar-refractivity contribution is 7.27. The van der Waals surface area contributed by atoms with Gasteiger partial charge in [-0.1, -0.05) is 182 Å². The molecule has 10 aromatic carbocycles. The predicted molar refractivity (Wildman–Crippen MR) is 288 cm³/mol. The largest absolute Gasteiger partial charge is 0.316 e. The third-order valence-corrected chi connectivity index (χ3v) is 16.2. The van der Waals surface area contributed by atoms with E-state index in [-0.39, 0.29) is 0 Å². The Bertz CT molecular complexity index is 4160. The molecule has 0 saturated carbocycles. The first-order valence-electron chi connectivity index (χ1n) is 22.6. The van der Waals surface area contributed by atoms with E-state index in [9.17, 15) is 11.8 Å². The van der Waals surface area contributed by atoms with Crippen LogP contribution in [0.4, 0.5) is 22.7 Å². The van der Waals surface area contributed by atoms with Crippen LogP contribution in [0.25, 0.3) is 117 Å². The summed E-state index contributed by atoms with van der Waals surface area (Å²) in [6, 6.07) is 75.5. The molecule has 0 bridgehead atoms. The topological polar surface area (TPSA) is 36.3 Å². The maximum absolute atomic E-state index is 12.0. The lowest BCUT2D eigenvalue weighted by Crippen LogP contribution is -2.16. The normalized spacial score (nSPS) is 12.1. The van der Waals surface area contributed by atoms with Crippen LogP contribution >= 0.6 is 22.7 Å². The van der Waals surface area contributed by atoms with Gasteiger partial charge in [-0.2, -0.15) is 5.26 Å². The van der Waals surface area contributed by atoms with Gasteiger partial charge >= 0.3 is 0 Å². The fourth-order valence-electron chi connectivity index (χ4n) is 11.0. The highest BCUT2D eigenvalue weighted by Crippen LogP contribution is 2.59. The average Bonchev–Trinajstić information content (AvgIpc) is 4.06. The summed E-state index contributed by atoms with van der Waals surface area (Å²) in [6.07, 6.45) is 0. The van der Waals surface area contributed by atoms with Crippen molar-refractivity contribution in [2.24, 2.45) is 0 Å². The summed E-state index contributed by atoms with van der Waals surface area (Å²) >= 11 is 3.60. The molecule has 14 rings (SSSR count). The minimum atomic E-state index is 0.421. The van der Waals surface area contributed by atoms with E-state index in [2.05, 4.69) is 190 Å². The molecule has 0 amide bonds. The molecule has 68 heavy (non-hydrogen) atoms. The number of fused-ring (bicyclic) bond motifs is 16. The van der Waals surface area contributed by atoms with Crippen molar-refractivity contribution in [3.8, 4) is 56.3 Å². The molecule has 1 aliphatic rings. The maximum atomic E-state index is 12.0. The molecule has 4 heterocycles. The first-order valence-corrected chi connectivity index (χ1v) is 24.2. The van der Waals surface area contributed by atoms with Crippen molar-refractivity contribution in [3.05, 3.63) is 223 Å². The molecule has 0 N–H and O–H groups in total. The van der Waals surface area contributed by atoms with Crippen molar-refractivity contribution in [1.29, 1.82) is 5.26 Å². The number of thiophene rings is 2. The Hall–Kier alpha value is -8.78. The van der Waals surface area contributed by atoms with Gasteiger partial charge in [0.2, 0.25) is 5.69 Å². The van der Waals surface area contributed by atoms with E-state index in [0.29, 0.717) is 16.8 Å². The average molecular weight is 899 g/mol. The second kappa shape index (κ2) is 14.9. The van der Waals surface area contributed by atoms with Crippen LogP contribution in [0.3, 0.4) is 0 Å². The molecule has 314 valence electrons. The highest BCUT2D eigenvalue weighted by Gasteiger charge is 2.36. The molecule has 0 saturated heterocycles. The van der Waals surface area contributed by atoms with Gasteiger partial charge in [0.15, 0.2) is 0 Å². The van der Waals surface area contributed by atoms with Crippen molar-refractivity contribution in [2.45, 2.75) is 0 Å². The SMILES string of the molecule is [C-]#[N+]c1c(-c2ccccc2)c(C#N)c(N2c3ccccc3-c3ccccc3-c3ccccc32)c(-c2ccccc2)c1-n1c2c(ccc3c4ccccc4sc32)c2ccc3c4ccccc4sc3c21. The van der Waals surface area contributed by atoms with E-state index >= 15 is 0 Å². The molecule has 0 radical (unpaired) electrons. The molecular weight excluding hydrogens is 865 g/mol. The Morgan fingerprint density at radius 2 is 0.838 bits per heavy atom. The van der Waals surface area contributed by atoms with Crippen molar-refractivity contribution in [3.63, 3.8) is 0 Å². The highest BCUT2D eigenvalue weighted by atomic mass is 32.1. The number of rotatable bonds is 4. The molecule has 0 fully saturated rings. The van der Waals surface area contributed by atoms with E-state index in [1.807, 2.05) is 36.4 Å². The fourth-order valence-corrected chi connectivity index (χ4v) is 13.5. The van der Waals surface area contributed by atoms with E-state index in [1.165, 1.54) is 30.9 Å². The van der Waals surface area contributed by atoms with Crippen LogP contribution in [0.1, 0.15) is 5.56 Å². The summed E-state index contributed by atoms with van der Waals surface area (Å²) in [6.45, 7) is 9.49. The van der Waals surface area contributed by atoms with Gasteiger partial charge in [0.1, 0.15) is 6.07 Å². The summed E-state index contributed by atoms with van der Waals surface area (Å²) in [5.74, 6) is 0. The summed E-state index contributed by atoms with van der Waals surface area (Å²) in [4.78, 5) is 6.98. The summed E-state index contributed by atoms with van der Waals surface area (Å²) in [5.41, 5.74) is 13.7. The number of aromatic nitrogens is 1. The van der Waals surface area contributed by atoms with Crippen LogP contribution < -0.4 is 4.90 Å². The summed E-state index contributed by atoms with van der Waals surface area (Å²) in [7, 11) is 0. The van der Waals surface area contributed by atoms with Gasteiger partial charge in [-0.25, -0.2) is 4.85 Å². The Morgan fingerprint density at radius 3 is 1.34 bits per heavy atom. The molecule has 0 unspecified atom stereocenters. The van der Waals surface area contributed by atoms with Crippen molar-refractivity contribution >= 4 is 108 Å². The standard InChI is InChI=1S/C62H34N4S2/c1-64-56-54(37-18-4-2-5-19-37)49(36-63)57(65-50-28-14-10-24-41(50)39-22-8-9-23-40(39)42-25-11-15-29-51(42)65)55(38-20-6-3-7-21-38)60(56)66-58-45(32-34-47-43-26-12-16-30-52(43)67-61(47)58)46-33-35-48-44-27-13-17-31-53(44)68-62(48)59(46)66/h2-35H. The van der Waals surface area contributed by atoms with Gasteiger partial charge in [0, 0.05) is 64.0 Å². The van der Waals surface area contributed by atoms with Gasteiger partial charge in [-0.05, 0) is 46.5 Å². The van der Waals surface area contributed by atoms with Gasteiger partial charge in [0.05, 0.1) is 55.3 Å². The number of hydrogen-bond acceptors (Lipinski definition) is 4. The second-order valence-electron chi connectivity index (χ2n) is 17.3. The lowest BCUT2D eigenvalue weighted by atomic mass is 9.87. The number of nitrogens with zero attached hydrogens (tertiary/aromatic N) is 4. The van der Waals surface area contributed by atoms with Gasteiger partial charge in [0.25, 0.3) is 0 Å². The summed E-state index contributed by atoms with van der Waals surface area (Å²) < 4.78 is 7.15. The second-order valence-corrected chi connectivity index (χ2v) is 19.4. The zero-order valence-electron chi connectivity index (χ0n) is 36.2. The smallest absolute Gasteiger partial charge is 0.220 e. The first kappa shape index (κ1) is 38.5. The quantitative estimate of drug-likeness (QED) is 0.165. The molecule has 0 aliphatic carbocycles. The van der Waals surface area contributed by atoms with Crippen LogP contribution in [-0.2, 0) is 0 Å². The van der Waals surface area contributed by atoms with Crippen LogP contribution in [0.5, 0.6) is 0 Å². The number of nitriles is 1. The Morgan fingerprint density at radius 1 is 0.412 bits per heavy atom. The number of benzene rings is 10. The summed E-state index contributed by atoms with van der Waals surface area (Å²) in [5, 5.41) is 19.0. The minimum absolute atomic E-state index is 0.421. The zero-order valence-corrected chi connectivity index (χ0v) is 37.9. The Labute approximate surface area is 399 Å². The van der Waals surface area contributed by atoms with Crippen LogP contribution in [-0.4, -0.2) is 4.57 Å². The van der Waals surface area contributed by atoms with Crippen LogP contribution in [0, 0.1) is 17.9 Å². The van der Waals surface area contributed by atoms with Gasteiger partial charge < -0.3 is 9.47 Å². The molecular formula is C62H34N4S2. The third-order valence-electron chi connectivity index (χ3n) is 13.8. The van der Waals surface area contributed by atoms with E-state index < -0.39 is 0 Å². The predicted octanol–water partition coefficient (Wildman–Crippen LogP) is 18.4. The van der Waals surface area contributed by atoms with Gasteiger partial charge in [-0.15, -0.1) is 22.7 Å². The molecule has 13 aromatic rings.